The number of likely N-dealkylation sites (tertiary alicyclic amines) is 1. The fourth-order valence-corrected chi connectivity index (χ4v) is 4.40. The molecule has 2 saturated heterocycles. The third kappa shape index (κ3) is 3.30. The molecule has 7 nitrogen and oxygen atoms in total. The van der Waals surface area contributed by atoms with Gasteiger partial charge in [-0.25, -0.2) is 4.98 Å². The van der Waals surface area contributed by atoms with Crippen LogP contribution in [0, 0.1) is 0 Å². The molecule has 1 atom stereocenters. The highest BCUT2D eigenvalue weighted by Gasteiger charge is 2.28. The summed E-state index contributed by atoms with van der Waals surface area (Å²) in [6, 6.07) is 10.3. The number of imidazole rings is 1. The zero-order valence-corrected chi connectivity index (χ0v) is 16.0. The van der Waals surface area contributed by atoms with Crippen molar-refractivity contribution in [2.24, 2.45) is 0 Å². The average Bonchev–Trinajstić information content (AvgIpc) is 3.41. The summed E-state index contributed by atoms with van der Waals surface area (Å²) >= 11 is 0. The molecule has 5 rings (SSSR count). The van der Waals surface area contributed by atoms with E-state index < -0.39 is 0 Å². The normalized spacial score (nSPS) is 21.3. The third-order valence-corrected chi connectivity index (χ3v) is 6.05. The largest absolute Gasteiger partial charge is 0.342 e. The highest BCUT2D eigenvalue weighted by Crippen LogP contribution is 2.28. The Balaban J connectivity index is 1.22. The summed E-state index contributed by atoms with van der Waals surface area (Å²) in [4.78, 5) is 23.0. The number of nitrogens with zero attached hydrogens (tertiary/aromatic N) is 4. The third-order valence-electron chi connectivity index (χ3n) is 6.05. The van der Waals surface area contributed by atoms with E-state index in [0.717, 1.165) is 68.7 Å². The lowest BCUT2D eigenvalue weighted by molar-refractivity contribution is 0.0704. The summed E-state index contributed by atoms with van der Waals surface area (Å²) < 4.78 is 1.96. The number of H-pyrrole nitrogens is 1. The van der Waals surface area contributed by atoms with Crippen LogP contribution in [0.4, 0.5) is 0 Å². The molecule has 2 fully saturated rings. The quantitative estimate of drug-likeness (QED) is 0.734. The summed E-state index contributed by atoms with van der Waals surface area (Å²) in [6.07, 6.45) is 6.08. The zero-order chi connectivity index (χ0) is 18.9. The van der Waals surface area contributed by atoms with Crippen molar-refractivity contribution in [3.63, 3.8) is 0 Å². The van der Waals surface area contributed by atoms with E-state index in [2.05, 4.69) is 21.5 Å². The fraction of sp³-hybridized carbons (Fsp3) is 0.476. The minimum Gasteiger partial charge on any atom is -0.342 e. The molecule has 2 N–H and O–H groups in total. The molecule has 7 heteroatoms. The van der Waals surface area contributed by atoms with Gasteiger partial charge in [-0.3, -0.25) is 9.48 Å². The van der Waals surface area contributed by atoms with Crippen molar-refractivity contribution in [1.29, 1.82) is 0 Å². The lowest BCUT2D eigenvalue weighted by Crippen LogP contribution is -2.38. The number of amides is 1. The number of nitrogens with one attached hydrogen (secondary N) is 2. The molecule has 2 aromatic heterocycles. The first kappa shape index (κ1) is 17.4. The Labute approximate surface area is 164 Å². The summed E-state index contributed by atoms with van der Waals surface area (Å²) in [6.45, 7) is 3.50. The van der Waals surface area contributed by atoms with Gasteiger partial charge < -0.3 is 15.2 Å². The first-order valence-electron chi connectivity index (χ1n) is 10.3. The van der Waals surface area contributed by atoms with Crippen LogP contribution in [-0.4, -0.2) is 56.7 Å². The van der Waals surface area contributed by atoms with Crippen LogP contribution in [0.5, 0.6) is 0 Å². The molecule has 4 heterocycles. The standard InChI is InChI=1S/C21H26N6O/c28-21(19-9-13-27(25-19)16-4-3-10-22-14-16)26-11-7-15(8-12-26)20-23-17-5-1-2-6-18(17)24-20/h1-2,5-6,9,13,15-16,22H,3-4,7-8,10-12,14H2,(H,23,24). The molecule has 0 bridgehead atoms. The van der Waals surface area contributed by atoms with E-state index in [0.29, 0.717) is 17.7 Å². The Morgan fingerprint density at radius 3 is 2.75 bits per heavy atom. The minimum absolute atomic E-state index is 0.0468. The summed E-state index contributed by atoms with van der Waals surface area (Å²) in [5, 5.41) is 7.98. The number of carbonyl (C=O) groups is 1. The van der Waals surface area contributed by atoms with Gasteiger partial charge in [-0.05, 0) is 50.4 Å². The average molecular weight is 378 g/mol. The van der Waals surface area contributed by atoms with Gasteiger partial charge in [-0.1, -0.05) is 12.1 Å². The van der Waals surface area contributed by atoms with E-state index in [4.69, 9.17) is 4.98 Å². The Hall–Kier alpha value is -2.67. The van der Waals surface area contributed by atoms with Gasteiger partial charge in [0.05, 0.1) is 17.1 Å². The molecular formula is C21H26N6O. The van der Waals surface area contributed by atoms with E-state index in [9.17, 15) is 4.79 Å². The van der Waals surface area contributed by atoms with Gasteiger partial charge in [-0.2, -0.15) is 5.10 Å². The Morgan fingerprint density at radius 1 is 1.11 bits per heavy atom. The van der Waals surface area contributed by atoms with Crippen LogP contribution in [0.25, 0.3) is 11.0 Å². The molecule has 0 radical (unpaired) electrons. The van der Waals surface area contributed by atoms with Crippen molar-refractivity contribution in [2.45, 2.75) is 37.6 Å². The number of piperidine rings is 2. The first-order chi connectivity index (χ1) is 13.8. The molecule has 2 aliphatic heterocycles. The second kappa shape index (κ2) is 7.39. The molecular weight excluding hydrogens is 352 g/mol. The van der Waals surface area contributed by atoms with Crippen LogP contribution >= 0.6 is 0 Å². The lowest BCUT2D eigenvalue weighted by atomic mass is 9.96. The van der Waals surface area contributed by atoms with Crippen LogP contribution in [0.15, 0.2) is 36.5 Å². The van der Waals surface area contributed by atoms with Crippen LogP contribution in [0.3, 0.4) is 0 Å². The predicted octanol–water partition coefficient (Wildman–Crippen LogP) is 2.70. The van der Waals surface area contributed by atoms with Crippen LogP contribution in [-0.2, 0) is 0 Å². The van der Waals surface area contributed by atoms with E-state index in [1.807, 2.05) is 40.0 Å². The van der Waals surface area contributed by atoms with Gasteiger partial charge in [0.15, 0.2) is 0 Å². The molecule has 0 aliphatic carbocycles. The van der Waals surface area contributed by atoms with Crippen molar-refractivity contribution in [3.8, 4) is 0 Å². The number of hydrogen-bond donors (Lipinski definition) is 2. The first-order valence-corrected chi connectivity index (χ1v) is 10.3. The maximum absolute atomic E-state index is 12.9. The van der Waals surface area contributed by atoms with Gasteiger partial charge in [0.25, 0.3) is 5.91 Å². The Kier molecular flexibility index (Phi) is 4.60. The summed E-state index contributed by atoms with van der Waals surface area (Å²) in [5.41, 5.74) is 2.66. The number of carbonyl (C=O) groups excluding carboxylic acids is 1. The molecule has 0 spiro atoms. The molecule has 1 amide bonds. The van der Waals surface area contributed by atoms with Crippen molar-refractivity contribution in [3.05, 3.63) is 48.0 Å². The number of para-hydroxylation sites is 2. The molecule has 0 saturated carbocycles. The highest BCUT2D eigenvalue weighted by molar-refractivity contribution is 5.92. The van der Waals surface area contributed by atoms with Gasteiger partial charge >= 0.3 is 0 Å². The van der Waals surface area contributed by atoms with Gasteiger partial charge in [-0.15, -0.1) is 0 Å². The Morgan fingerprint density at radius 2 is 1.96 bits per heavy atom. The van der Waals surface area contributed by atoms with Crippen LogP contribution in [0.1, 0.15) is 54.0 Å². The van der Waals surface area contributed by atoms with Gasteiger partial charge in [0.2, 0.25) is 0 Å². The maximum atomic E-state index is 12.9. The van der Waals surface area contributed by atoms with Gasteiger partial charge in [0.1, 0.15) is 11.5 Å². The van der Waals surface area contributed by atoms with E-state index in [1.54, 1.807) is 0 Å². The topological polar surface area (TPSA) is 78.8 Å². The monoisotopic (exact) mass is 378 g/mol. The van der Waals surface area contributed by atoms with Crippen LogP contribution in [0.2, 0.25) is 0 Å². The fourth-order valence-electron chi connectivity index (χ4n) is 4.40. The van der Waals surface area contributed by atoms with E-state index in [-0.39, 0.29) is 5.91 Å². The maximum Gasteiger partial charge on any atom is 0.274 e. The number of aromatic amines is 1. The smallest absolute Gasteiger partial charge is 0.274 e. The number of benzene rings is 1. The van der Waals surface area contributed by atoms with Crippen LogP contribution < -0.4 is 5.32 Å². The van der Waals surface area contributed by atoms with Crippen molar-refractivity contribution in [1.82, 2.24) is 30.0 Å². The van der Waals surface area contributed by atoms with Crippen molar-refractivity contribution < 1.29 is 4.79 Å². The summed E-state index contributed by atoms with van der Waals surface area (Å²) in [5.74, 6) is 1.47. The molecule has 2 aliphatic rings. The lowest BCUT2D eigenvalue weighted by Gasteiger charge is -2.30. The predicted molar refractivity (Wildman–Crippen MR) is 107 cm³/mol. The van der Waals surface area contributed by atoms with Crippen molar-refractivity contribution >= 4 is 16.9 Å². The molecule has 28 heavy (non-hydrogen) atoms. The zero-order valence-electron chi connectivity index (χ0n) is 16.0. The number of aromatic nitrogens is 4. The van der Waals surface area contributed by atoms with E-state index in [1.165, 1.54) is 0 Å². The number of hydrogen-bond acceptors (Lipinski definition) is 4. The molecule has 1 unspecified atom stereocenters. The van der Waals surface area contributed by atoms with Gasteiger partial charge in [0, 0.05) is 31.7 Å². The van der Waals surface area contributed by atoms with E-state index >= 15 is 0 Å². The molecule has 1 aromatic carbocycles. The SMILES string of the molecule is O=C(c1ccn(C2CCCNC2)n1)N1CCC(c2nc3ccccc3[nH]2)CC1. The molecule has 3 aromatic rings. The second-order valence-corrected chi connectivity index (χ2v) is 7.89. The molecule has 146 valence electrons. The number of fused-ring (bicyclic) bond motifs is 1. The Bertz CT molecular complexity index is 929. The second-order valence-electron chi connectivity index (χ2n) is 7.89. The number of rotatable bonds is 3. The summed E-state index contributed by atoms with van der Waals surface area (Å²) in [7, 11) is 0. The minimum atomic E-state index is 0.0468. The van der Waals surface area contributed by atoms with Crippen molar-refractivity contribution in [2.75, 3.05) is 26.2 Å². The highest BCUT2D eigenvalue weighted by atomic mass is 16.2.